The Morgan fingerprint density at radius 1 is 1.45 bits per heavy atom. The van der Waals surface area contributed by atoms with Gasteiger partial charge >= 0.3 is 0 Å². The molecule has 0 atom stereocenters. The lowest BCUT2D eigenvalue weighted by molar-refractivity contribution is 0.473. The van der Waals surface area contributed by atoms with E-state index in [1.807, 2.05) is 10.7 Å². The van der Waals surface area contributed by atoms with Crippen molar-refractivity contribution >= 4 is 21.6 Å². The molecule has 1 aliphatic heterocycles. The number of hydrogen-bond donors (Lipinski definition) is 2. The summed E-state index contributed by atoms with van der Waals surface area (Å²) in [5.74, 6) is 0. The molecule has 0 aliphatic carbocycles. The van der Waals surface area contributed by atoms with E-state index in [4.69, 9.17) is 11.6 Å². The number of fused-ring (bicyclic) bond motifs is 1. The molecule has 3 heterocycles. The molecule has 3 rings (SSSR count). The van der Waals surface area contributed by atoms with Gasteiger partial charge in [0.1, 0.15) is 10.0 Å². The van der Waals surface area contributed by atoms with Gasteiger partial charge in [-0.05, 0) is 13.0 Å². The highest BCUT2D eigenvalue weighted by atomic mass is 35.5. The highest BCUT2D eigenvalue weighted by Gasteiger charge is 2.25. The van der Waals surface area contributed by atoms with Crippen LogP contribution in [0.15, 0.2) is 11.0 Å². The van der Waals surface area contributed by atoms with Gasteiger partial charge < -0.3 is 5.32 Å². The zero-order valence-electron chi connectivity index (χ0n) is 12.3. The first-order valence-electron chi connectivity index (χ1n) is 6.83. The number of nitrogens with one attached hydrogen (secondary N) is 2. The average molecular weight is 345 g/mol. The van der Waals surface area contributed by atoms with Crippen molar-refractivity contribution in [3.63, 3.8) is 0 Å². The Kier molecular flexibility index (Phi) is 3.98. The average Bonchev–Trinajstić information content (AvgIpc) is 2.98. The molecule has 0 bridgehead atoms. The van der Waals surface area contributed by atoms with E-state index in [9.17, 15) is 8.42 Å². The van der Waals surface area contributed by atoms with Crippen molar-refractivity contribution in [3.8, 4) is 0 Å². The molecule has 8 nitrogen and oxygen atoms in total. The quantitative estimate of drug-likeness (QED) is 0.824. The number of nitrogens with zero attached hydrogens (tertiary/aromatic N) is 4. The summed E-state index contributed by atoms with van der Waals surface area (Å²) >= 11 is 6.02. The summed E-state index contributed by atoms with van der Waals surface area (Å²) in [6.45, 7) is 4.13. The van der Waals surface area contributed by atoms with Gasteiger partial charge in [0.2, 0.25) is 10.0 Å². The van der Waals surface area contributed by atoms with Crippen LogP contribution in [0.2, 0.25) is 5.15 Å². The molecule has 0 fully saturated rings. The molecule has 120 valence electrons. The third-order valence-corrected chi connectivity index (χ3v) is 5.63. The van der Waals surface area contributed by atoms with E-state index in [0.717, 1.165) is 25.3 Å². The molecule has 0 radical (unpaired) electrons. The molecule has 0 amide bonds. The van der Waals surface area contributed by atoms with E-state index in [1.54, 1.807) is 14.0 Å². The summed E-state index contributed by atoms with van der Waals surface area (Å²) in [7, 11) is -2.13. The van der Waals surface area contributed by atoms with Crippen molar-refractivity contribution < 1.29 is 8.42 Å². The zero-order valence-corrected chi connectivity index (χ0v) is 13.9. The van der Waals surface area contributed by atoms with Gasteiger partial charge in [-0.15, -0.1) is 0 Å². The maximum absolute atomic E-state index is 12.4. The minimum Gasteiger partial charge on any atom is -0.309 e. The third kappa shape index (κ3) is 2.76. The lowest BCUT2D eigenvalue weighted by Gasteiger charge is -2.13. The first-order valence-corrected chi connectivity index (χ1v) is 8.69. The van der Waals surface area contributed by atoms with E-state index in [2.05, 4.69) is 20.2 Å². The predicted molar refractivity (Wildman–Crippen MR) is 80.9 cm³/mol. The Morgan fingerprint density at radius 3 is 2.86 bits per heavy atom. The van der Waals surface area contributed by atoms with Crippen LogP contribution in [-0.4, -0.2) is 34.5 Å². The number of aryl methyl sites for hydroxylation is 2. The smallest absolute Gasteiger partial charge is 0.245 e. The summed E-state index contributed by atoms with van der Waals surface area (Å²) in [4.78, 5) is 0.0160. The molecular formula is C12H17ClN6O2S. The maximum Gasteiger partial charge on any atom is 0.245 e. The molecule has 0 aromatic carbocycles. The van der Waals surface area contributed by atoms with Crippen molar-refractivity contribution in [1.82, 2.24) is 29.6 Å². The first kappa shape index (κ1) is 15.5. The second-order valence-electron chi connectivity index (χ2n) is 5.18. The van der Waals surface area contributed by atoms with Crippen LogP contribution in [-0.2, 0) is 36.7 Å². The van der Waals surface area contributed by atoms with Crippen LogP contribution in [0.3, 0.4) is 0 Å². The van der Waals surface area contributed by atoms with Crippen molar-refractivity contribution in [2.24, 2.45) is 7.05 Å². The Morgan fingerprint density at radius 2 is 2.23 bits per heavy atom. The fourth-order valence-electron chi connectivity index (χ4n) is 2.50. The van der Waals surface area contributed by atoms with Crippen LogP contribution in [0.4, 0.5) is 0 Å². The summed E-state index contributed by atoms with van der Waals surface area (Å²) in [5, 5.41) is 11.8. The molecule has 2 aromatic rings. The van der Waals surface area contributed by atoms with E-state index in [0.29, 0.717) is 11.4 Å². The Labute approximate surface area is 133 Å². The lowest BCUT2D eigenvalue weighted by Crippen LogP contribution is -2.28. The van der Waals surface area contributed by atoms with E-state index in [1.165, 1.54) is 4.68 Å². The Hall–Kier alpha value is -1.42. The lowest BCUT2D eigenvalue weighted by atomic mass is 10.3. The number of rotatable bonds is 4. The molecule has 0 saturated heterocycles. The molecule has 0 unspecified atom stereocenters. The minimum absolute atomic E-state index is 0.0160. The summed E-state index contributed by atoms with van der Waals surface area (Å²) in [6.07, 6.45) is 0. The van der Waals surface area contributed by atoms with Gasteiger partial charge in [-0.2, -0.15) is 10.2 Å². The summed E-state index contributed by atoms with van der Waals surface area (Å²) < 4.78 is 30.6. The SMILES string of the molecule is Cc1nn(C)c(Cl)c1S(=O)(=O)NCc1cc2n(n1)CCNC2. The van der Waals surface area contributed by atoms with Crippen LogP contribution in [0.5, 0.6) is 0 Å². The van der Waals surface area contributed by atoms with Crippen LogP contribution in [0.25, 0.3) is 0 Å². The number of hydrogen-bond acceptors (Lipinski definition) is 5. The fraction of sp³-hybridized carbons (Fsp3) is 0.500. The van der Waals surface area contributed by atoms with Gasteiger partial charge in [0.15, 0.2) is 0 Å². The van der Waals surface area contributed by atoms with Crippen molar-refractivity contribution in [1.29, 1.82) is 0 Å². The molecule has 2 N–H and O–H groups in total. The molecule has 2 aromatic heterocycles. The zero-order chi connectivity index (χ0) is 15.9. The van der Waals surface area contributed by atoms with E-state index in [-0.39, 0.29) is 16.6 Å². The standard InChI is InChI=1S/C12H17ClN6O2S/c1-8-11(12(13)18(2)16-8)22(20,21)15-6-9-5-10-7-14-3-4-19(10)17-9/h5,14-15H,3-4,6-7H2,1-2H3. The van der Waals surface area contributed by atoms with Crippen LogP contribution in [0, 0.1) is 6.92 Å². The monoisotopic (exact) mass is 344 g/mol. The highest BCUT2D eigenvalue weighted by Crippen LogP contribution is 2.24. The Balaban J connectivity index is 1.79. The summed E-state index contributed by atoms with van der Waals surface area (Å²) in [6, 6.07) is 1.90. The van der Waals surface area contributed by atoms with Gasteiger partial charge in [-0.3, -0.25) is 9.36 Å². The molecule has 0 spiro atoms. The van der Waals surface area contributed by atoms with E-state index >= 15 is 0 Å². The predicted octanol–water partition coefficient (Wildman–Crippen LogP) is 0.160. The molecule has 22 heavy (non-hydrogen) atoms. The molecule has 10 heteroatoms. The number of halogens is 1. The second-order valence-corrected chi connectivity index (χ2v) is 7.24. The minimum atomic E-state index is -3.73. The van der Waals surface area contributed by atoms with E-state index < -0.39 is 10.0 Å². The second kappa shape index (κ2) is 5.65. The van der Waals surface area contributed by atoms with Crippen molar-refractivity contribution in [2.75, 3.05) is 6.54 Å². The van der Waals surface area contributed by atoms with Gasteiger partial charge in [0, 0.05) is 20.1 Å². The Bertz CT molecular complexity index is 786. The molecular weight excluding hydrogens is 328 g/mol. The first-order chi connectivity index (χ1) is 10.4. The molecule has 1 aliphatic rings. The van der Waals surface area contributed by atoms with Gasteiger partial charge in [-0.25, -0.2) is 13.1 Å². The largest absolute Gasteiger partial charge is 0.309 e. The topological polar surface area (TPSA) is 93.8 Å². The maximum atomic E-state index is 12.4. The van der Waals surface area contributed by atoms with Crippen LogP contribution < -0.4 is 10.0 Å². The van der Waals surface area contributed by atoms with Gasteiger partial charge in [0.25, 0.3) is 0 Å². The normalized spacial score (nSPS) is 15.0. The van der Waals surface area contributed by atoms with Crippen LogP contribution in [0.1, 0.15) is 17.1 Å². The van der Waals surface area contributed by atoms with Crippen molar-refractivity contribution in [3.05, 3.63) is 28.3 Å². The molecule has 0 saturated carbocycles. The third-order valence-electron chi connectivity index (χ3n) is 3.53. The van der Waals surface area contributed by atoms with Gasteiger partial charge in [-0.1, -0.05) is 11.6 Å². The number of aromatic nitrogens is 4. The van der Waals surface area contributed by atoms with Crippen LogP contribution >= 0.6 is 11.6 Å². The highest BCUT2D eigenvalue weighted by molar-refractivity contribution is 7.89. The summed E-state index contributed by atoms with van der Waals surface area (Å²) in [5.41, 5.74) is 2.10. The van der Waals surface area contributed by atoms with Gasteiger partial charge in [0.05, 0.1) is 30.2 Å². The fourth-order valence-corrected chi connectivity index (χ4v) is 4.24. The number of sulfonamides is 1. The van der Waals surface area contributed by atoms with Crippen molar-refractivity contribution in [2.45, 2.75) is 31.5 Å².